The second-order valence-electron chi connectivity index (χ2n) is 9.91. The molecular formula is C32H33N3O6S. The van der Waals surface area contributed by atoms with Crippen molar-refractivity contribution in [3.63, 3.8) is 0 Å². The summed E-state index contributed by atoms with van der Waals surface area (Å²) in [5.41, 5.74) is 1.02. The van der Waals surface area contributed by atoms with Crippen molar-refractivity contribution < 1.29 is 22.9 Å². The molecule has 2 N–H and O–H groups in total. The minimum atomic E-state index is -4.19. The van der Waals surface area contributed by atoms with E-state index in [1.54, 1.807) is 19.1 Å². The van der Waals surface area contributed by atoms with E-state index in [4.69, 9.17) is 4.74 Å². The number of rotatable bonds is 13. The number of nitrogens with one attached hydrogen (secondary N) is 2. The van der Waals surface area contributed by atoms with Crippen LogP contribution in [0.2, 0.25) is 0 Å². The van der Waals surface area contributed by atoms with E-state index in [0.717, 1.165) is 16.7 Å². The van der Waals surface area contributed by atoms with E-state index in [0.29, 0.717) is 5.56 Å². The largest absolute Gasteiger partial charge is 0.465 e. The highest BCUT2D eigenvalue weighted by Gasteiger charge is 2.49. The van der Waals surface area contributed by atoms with Gasteiger partial charge >= 0.3 is 5.97 Å². The van der Waals surface area contributed by atoms with Crippen molar-refractivity contribution in [3.05, 3.63) is 142 Å². The van der Waals surface area contributed by atoms with Gasteiger partial charge in [0.2, 0.25) is 10.0 Å². The number of hydrogen-bond donors (Lipinski definition) is 2. The van der Waals surface area contributed by atoms with Crippen LogP contribution < -0.4 is 10.0 Å². The third kappa shape index (κ3) is 7.27. The van der Waals surface area contributed by atoms with E-state index in [1.807, 2.05) is 67.6 Å². The van der Waals surface area contributed by atoms with E-state index in [-0.39, 0.29) is 30.2 Å². The van der Waals surface area contributed by atoms with Gasteiger partial charge in [-0.05, 0) is 42.7 Å². The number of nitrogens with zero attached hydrogens (tertiary/aromatic N) is 1. The molecular weight excluding hydrogens is 554 g/mol. The summed E-state index contributed by atoms with van der Waals surface area (Å²) in [7, 11) is -4.19. The Balaban J connectivity index is 1.92. The van der Waals surface area contributed by atoms with Gasteiger partial charge in [-0.25, -0.2) is 17.9 Å². The lowest BCUT2D eigenvalue weighted by atomic mass is 9.80. The van der Waals surface area contributed by atoms with Crippen molar-refractivity contribution >= 4 is 21.7 Å². The van der Waals surface area contributed by atoms with Crippen LogP contribution in [0, 0.1) is 17.0 Å². The van der Waals surface area contributed by atoms with Crippen LogP contribution >= 0.6 is 0 Å². The van der Waals surface area contributed by atoms with E-state index >= 15 is 0 Å². The van der Waals surface area contributed by atoms with Gasteiger partial charge in [0.1, 0.15) is 5.54 Å². The van der Waals surface area contributed by atoms with Gasteiger partial charge in [-0.1, -0.05) is 90.5 Å². The zero-order valence-corrected chi connectivity index (χ0v) is 24.2. The molecule has 0 bridgehead atoms. The molecule has 0 saturated carbocycles. The summed E-state index contributed by atoms with van der Waals surface area (Å²) in [5.74, 6) is -0.667. The Bertz CT molecular complexity index is 1600. The van der Waals surface area contributed by atoms with Gasteiger partial charge in [0, 0.05) is 25.1 Å². The molecule has 0 saturated heterocycles. The van der Waals surface area contributed by atoms with Crippen molar-refractivity contribution in [1.82, 2.24) is 10.0 Å². The highest BCUT2D eigenvalue weighted by molar-refractivity contribution is 7.89. The maximum Gasteiger partial charge on any atom is 0.328 e. The number of benzene rings is 4. The predicted octanol–water partition coefficient (Wildman–Crippen LogP) is 5.26. The second kappa shape index (κ2) is 13.5. The summed E-state index contributed by atoms with van der Waals surface area (Å²) in [6.07, 6.45) is 0.0532. The molecule has 2 atom stereocenters. The van der Waals surface area contributed by atoms with Gasteiger partial charge in [0.25, 0.3) is 5.69 Å². The van der Waals surface area contributed by atoms with Crippen molar-refractivity contribution in [2.75, 3.05) is 6.61 Å². The Morgan fingerprint density at radius 2 is 1.45 bits per heavy atom. The van der Waals surface area contributed by atoms with Gasteiger partial charge in [-0.15, -0.1) is 0 Å². The fraction of sp³-hybridized carbons (Fsp3) is 0.219. The Labute approximate surface area is 245 Å². The number of carbonyl (C=O) groups excluding carboxylic acids is 1. The summed E-state index contributed by atoms with van der Waals surface area (Å²) in [6.45, 7) is 3.80. The lowest BCUT2D eigenvalue weighted by molar-refractivity contribution is -0.384. The maximum atomic E-state index is 14.1. The first-order valence-electron chi connectivity index (χ1n) is 13.5. The number of sulfonamides is 1. The molecule has 0 unspecified atom stereocenters. The molecule has 4 aromatic carbocycles. The van der Waals surface area contributed by atoms with Crippen LogP contribution in [0.4, 0.5) is 5.69 Å². The van der Waals surface area contributed by atoms with Gasteiger partial charge < -0.3 is 4.74 Å². The molecule has 0 heterocycles. The number of hydrogen-bond acceptors (Lipinski definition) is 7. The molecule has 9 nitrogen and oxygen atoms in total. The monoisotopic (exact) mass is 587 g/mol. The quantitative estimate of drug-likeness (QED) is 0.124. The van der Waals surface area contributed by atoms with Crippen LogP contribution in [0.5, 0.6) is 0 Å². The SMILES string of the molecule is CCOC(=O)[C@](Cc1ccccc1)(NCc1ccccc1)[C@H](NS(=O)(=O)c1ccc(C)cc1)c1ccc([N+](=O)[O-])cc1. The average Bonchev–Trinajstić information content (AvgIpc) is 2.99. The molecule has 0 aromatic heterocycles. The van der Waals surface area contributed by atoms with Gasteiger partial charge in [0.05, 0.1) is 22.5 Å². The Kier molecular flexibility index (Phi) is 9.84. The predicted molar refractivity (Wildman–Crippen MR) is 160 cm³/mol. The number of nitro groups is 1. The highest BCUT2D eigenvalue weighted by atomic mass is 32.2. The van der Waals surface area contributed by atoms with E-state index in [2.05, 4.69) is 10.0 Å². The average molecular weight is 588 g/mol. The number of aryl methyl sites for hydroxylation is 1. The van der Waals surface area contributed by atoms with Gasteiger partial charge in [-0.2, -0.15) is 0 Å². The lowest BCUT2D eigenvalue weighted by Gasteiger charge is -2.40. The summed E-state index contributed by atoms with van der Waals surface area (Å²) in [5, 5.41) is 14.8. The molecule has 0 spiro atoms. The molecule has 0 aliphatic carbocycles. The van der Waals surface area contributed by atoms with Crippen LogP contribution in [0.25, 0.3) is 0 Å². The molecule has 0 aliphatic rings. The summed E-state index contributed by atoms with van der Waals surface area (Å²) < 4.78 is 36.1. The first-order chi connectivity index (χ1) is 20.1. The lowest BCUT2D eigenvalue weighted by Crippen LogP contribution is -2.62. The van der Waals surface area contributed by atoms with Gasteiger partial charge in [-0.3, -0.25) is 15.4 Å². The molecule has 0 aliphatic heterocycles. The fourth-order valence-electron chi connectivity index (χ4n) is 4.74. The normalized spacial score (nSPS) is 13.6. The van der Waals surface area contributed by atoms with Crippen molar-refractivity contribution in [2.45, 2.75) is 43.3 Å². The van der Waals surface area contributed by atoms with Crippen molar-refractivity contribution in [2.24, 2.45) is 0 Å². The molecule has 4 rings (SSSR count). The molecule has 0 radical (unpaired) electrons. The molecule has 0 fully saturated rings. The van der Waals surface area contributed by atoms with E-state index in [1.165, 1.54) is 36.4 Å². The Morgan fingerprint density at radius 3 is 2.00 bits per heavy atom. The summed E-state index contributed by atoms with van der Waals surface area (Å²) in [4.78, 5) is 25.0. The smallest absolute Gasteiger partial charge is 0.328 e. The van der Waals surface area contributed by atoms with Gasteiger partial charge in [0.15, 0.2) is 0 Å². The number of nitro benzene ring substituents is 1. The number of esters is 1. The van der Waals surface area contributed by atoms with Crippen LogP contribution in [0.3, 0.4) is 0 Å². The molecule has 218 valence electrons. The van der Waals surface area contributed by atoms with Crippen LogP contribution in [0.15, 0.2) is 114 Å². The topological polar surface area (TPSA) is 128 Å². The fourth-order valence-corrected chi connectivity index (χ4v) is 6.02. The molecule has 4 aromatic rings. The third-order valence-electron chi connectivity index (χ3n) is 6.95. The Morgan fingerprint density at radius 1 is 0.881 bits per heavy atom. The van der Waals surface area contributed by atoms with Crippen LogP contribution in [-0.4, -0.2) is 31.5 Å². The minimum Gasteiger partial charge on any atom is -0.465 e. The first kappa shape index (κ1) is 30.6. The van der Waals surface area contributed by atoms with E-state index < -0.39 is 32.5 Å². The second-order valence-corrected chi connectivity index (χ2v) is 11.6. The third-order valence-corrected chi connectivity index (χ3v) is 8.39. The standard InChI is InChI=1S/C32H33N3O6S/c1-3-41-31(36)32(22-25-10-6-4-7-11-25,33-23-26-12-8-5-9-13-26)30(27-16-18-28(19-17-27)35(37)38)34-42(39,40)29-20-14-24(2)15-21-29/h4-21,30,33-34H,3,22-23H2,1-2H3/t30-,32-/m1/s1. The number of carbonyl (C=O) groups is 1. The Hall–Kier alpha value is -4.38. The highest BCUT2D eigenvalue weighted by Crippen LogP contribution is 2.34. The van der Waals surface area contributed by atoms with Crippen molar-refractivity contribution in [1.29, 1.82) is 0 Å². The minimum absolute atomic E-state index is 0.0144. The molecule has 0 amide bonds. The van der Waals surface area contributed by atoms with Crippen molar-refractivity contribution in [3.8, 4) is 0 Å². The molecule has 10 heteroatoms. The van der Waals surface area contributed by atoms with Crippen LogP contribution in [-0.2, 0) is 32.5 Å². The van der Waals surface area contributed by atoms with Crippen LogP contribution in [0.1, 0.15) is 35.2 Å². The first-order valence-corrected chi connectivity index (χ1v) is 15.0. The maximum absolute atomic E-state index is 14.1. The zero-order valence-electron chi connectivity index (χ0n) is 23.4. The van der Waals surface area contributed by atoms with E-state index in [9.17, 15) is 23.3 Å². The summed E-state index contributed by atoms with van der Waals surface area (Å²) >= 11 is 0. The number of ether oxygens (including phenoxy) is 1. The zero-order chi connectivity index (χ0) is 30.2. The number of non-ortho nitro benzene ring substituents is 1. The summed E-state index contributed by atoms with van der Waals surface area (Å²) in [6, 6.07) is 29.2. The molecule has 42 heavy (non-hydrogen) atoms.